The van der Waals surface area contributed by atoms with Crippen molar-refractivity contribution >= 4 is 22.6 Å². The highest BCUT2D eigenvalue weighted by Gasteiger charge is 2.27. The number of nitrogens with zero attached hydrogens (tertiary/aromatic N) is 2. The van der Waals surface area contributed by atoms with E-state index in [0.717, 1.165) is 35.5 Å². The minimum absolute atomic E-state index is 0.155. The molecule has 23 heavy (non-hydrogen) atoms. The zero-order valence-electron chi connectivity index (χ0n) is 14.2. The summed E-state index contributed by atoms with van der Waals surface area (Å²) in [6.45, 7) is 6.93. The van der Waals surface area contributed by atoms with Gasteiger partial charge in [-0.1, -0.05) is 27.2 Å². The lowest BCUT2D eigenvalue weighted by Gasteiger charge is -2.25. The Hall–Kier alpha value is -1.88. The van der Waals surface area contributed by atoms with Crippen molar-refractivity contribution in [1.29, 1.82) is 0 Å². The Morgan fingerprint density at radius 1 is 1.30 bits per heavy atom. The number of aromatic nitrogens is 2. The average molecular weight is 314 g/mol. The van der Waals surface area contributed by atoms with Crippen LogP contribution in [0.25, 0.3) is 11.0 Å². The number of nitrogens with two attached hydrogens (primary N) is 1. The van der Waals surface area contributed by atoms with Gasteiger partial charge in [0, 0.05) is 18.7 Å². The fraction of sp³-hybridized carbons (Fsp3) is 0.556. The molecule has 0 bridgehead atoms. The monoisotopic (exact) mass is 314 g/mol. The summed E-state index contributed by atoms with van der Waals surface area (Å²) in [4.78, 5) is 17.0. The predicted molar refractivity (Wildman–Crippen MR) is 93.3 cm³/mol. The number of amides is 1. The number of carbonyl (C=O) groups excluding carboxylic acids is 1. The molecule has 5 heteroatoms. The summed E-state index contributed by atoms with van der Waals surface area (Å²) in [6.07, 6.45) is 4.71. The quantitative estimate of drug-likeness (QED) is 0.894. The number of imidazole rings is 1. The van der Waals surface area contributed by atoms with Crippen molar-refractivity contribution in [3.63, 3.8) is 0 Å². The Morgan fingerprint density at radius 2 is 2.09 bits per heavy atom. The minimum atomic E-state index is -0.545. The number of rotatable bonds is 2. The molecule has 1 atom stereocenters. The first-order chi connectivity index (χ1) is 10.9. The third kappa shape index (κ3) is 3.24. The van der Waals surface area contributed by atoms with E-state index >= 15 is 0 Å². The van der Waals surface area contributed by atoms with Crippen LogP contribution < -0.4 is 11.1 Å². The third-order valence-corrected chi connectivity index (χ3v) is 4.59. The van der Waals surface area contributed by atoms with Gasteiger partial charge in [-0.3, -0.25) is 4.79 Å². The molecule has 1 aromatic carbocycles. The van der Waals surface area contributed by atoms with Crippen LogP contribution in [0.1, 0.15) is 45.9 Å². The van der Waals surface area contributed by atoms with Crippen molar-refractivity contribution in [2.24, 2.45) is 11.1 Å². The highest BCUT2D eigenvalue weighted by atomic mass is 16.2. The lowest BCUT2D eigenvalue weighted by Crippen LogP contribution is -2.45. The molecule has 0 spiro atoms. The van der Waals surface area contributed by atoms with Crippen LogP contribution in [0.4, 0.5) is 5.69 Å². The molecule has 0 fully saturated rings. The Kier molecular flexibility index (Phi) is 4.15. The summed E-state index contributed by atoms with van der Waals surface area (Å²) >= 11 is 0. The van der Waals surface area contributed by atoms with Crippen molar-refractivity contribution in [2.45, 2.75) is 59.0 Å². The molecule has 1 aliphatic rings. The van der Waals surface area contributed by atoms with Crippen LogP contribution in [0.5, 0.6) is 0 Å². The molecule has 3 N–H and O–H groups in total. The van der Waals surface area contributed by atoms with Crippen molar-refractivity contribution < 1.29 is 4.79 Å². The Morgan fingerprint density at radius 3 is 2.83 bits per heavy atom. The van der Waals surface area contributed by atoms with E-state index in [1.54, 1.807) is 0 Å². The number of anilines is 1. The normalized spacial score (nSPS) is 16.7. The average Bonchev–Trinajstić information content (AvgIpc) is 2.66. The SMILES string of the molecule is CC(C)(C)[C@H](N)C(=O)Nc1ccc2c(c1)nc1n2CCCCC1. The number of benzene rings is 1. The fourth-order valence-electron chi connectivity index (χ4n) is 3.04. The zero-order chi connectivity index (χ0) is 16.6. The first kappa shape index (κ1) is 16.0. The summed E-state index contributed by atoms with van der Waals surface area (Å²) in [5, 5.41) is 2.92. The Balaban J connectivity index is 1.85. The summed E-state index contributed by atoms with van der Waals surface area (Å²) in [6, 6.07) is 5.40. The number of nitrogens with one attached hydrogen (secondary N) is 1. The second-order valence-electron chi connectivity index (χ2n) is 7.53. The number of hydrogen-bond donors (Lipinski definition) is 2. The molecule has 0 unspecified atom stereocenters. The van der Waals surface area contributed by atoms with Crippen LogP contribution in [0.3, 0.4) is 0 Å². The Labute approximate surface area is 137 Å². The molecule has 0 saturated carbocycles. The predicted octanol–water partition coefficient (Wildman–Crippen LogP) is 3.07. The Bertz CT molecular complexity index is 726. The van der Waals surface area contributed by atoms with Crippen LogP contribution in [0.2, 0.25) is 0 Å². The van der Waals surface area contributed by atoms with Gasteiger partial charge in [0.25, 0.3) is 0 Å². The lowest BCUT2D eigenvalue weighted by molar-refractivity contribution is -0.119. The molecular formula is C18H26N4O. The first-order valence-electron chi connectivity index (χ1n) is 8.42. The van der Waals surface area contributed by atoms with E-state index in [-0.39, 0.29) is 11.3 Å². The topological polar surface area (TPSA) is 72.9 Å². The van der Waals surface area contributed by atoms with E-state index in [4.69, 9.17) is 10.7 Å². The van der Waals surface area contributed by atoms with Gasteiger partial charge in [0.2, 0.25) is 5.91 Å². The third-order valence-electron chi connectivity index (χ3n) is 4.59. The molecule has 2 heterocycles. The molecule has 5 nitrogen and oxygen atoms in total. The molecule has 3 rings (SSSR count). The smallest absolute Gasteiger partial charge is 0.241 e. The van der Waals surface area contributed by atoms with Crippen molar-refractivity contribution in [1.82, 2.24) is 9.55 Å². The van der Waals surface area contributed by atoms with E-state index in [2.05, 4.69) is 16.0 Å². The van der Waals surface area contributed by atoms with E-state index in [0.29, 0.717) is 0 Å². The standard InChI is InChI=1S/C18H26N4O/c1-18(2,3)16(19)17(23)20-12-8-9-14-13(11-12)21-15-7-5-4-6-10-22(14)15/h8-9,11,16H,4-7,10,19H2,1-3H3,(H,20,23)/t16-/m1/s1. The lowest BCUT2D eigenvalue weighted by atomic mass is 9.87. The van der Waals surface area contributed by atoms with Gasteiger partial charge in [-0.2, -0.15) is 0 Å². The van der Waals surface area contributed by atoms with Gasteiger partial charge in [0.15, 0.2) is 0 Å². The van der Waals surface area contributed by atoms with Crippen molar-refractivity contribution in [2.75, 3.05) is 5.32 Å². The van der Waals surface area contributed by atoms with Gasteiger partial charge in [0.05, 0.1) is 17.1 Å². The van der Waals surface area contributed by atoms with Crippen molar-refractivity contribution in [3.05, 3.63) is 24.0 Å². The number of aryl methyl sites for hydroxylation is 2. The van der Waals surface area contributed by atoms with Gasteiger partial charge in [-0.25, -0.2) is 4.98 Å². The summed E-state index contributed by atoms with van der Waals surface area (Å²) in [5.74, 6) is 1.00. The summed E-state index contributed by atoms with van der Waals surface area (Å²) in [7, 11) is 0. The highest BCUT2D eigenvalue weighted by molar-refractivity contribution is 5.96. The second-order valence-corrected chi connectivity index (χ2v) is 7.53. The van der Waals surface area contributed by atoms with E-state index in [1.807, 2.05) is 32.9 Å². The molecule has 1 aliphatic heterocycles. The molecule has 0 radical (unpaired) electrons. The van der Waals surface area contributed by atoms with Crippen LogP contribution >= 0.6 is 0 Å². The first-order valence-corrected chi connectivity index (χ1v) is 8.42. The maximum absolute atomic E-state index is 12.3. The van der Waals surface area contributed by atoms with Crippen LogP contribution in [-0.2, 0) is 17.8 Å². The van der Waals surface area contributed by atoms with Crippen LogP contribution in [0.15, 0.2) is 18.2 Å². The van der Waals surface area contributed by atoms with E-state index in [1.165, 1.54) is 19.3 Å². The number of fused-ring (bicyclic) bond motifs is 3. The molecule has 2 aromatic rings. The molecule has 0 saturated heterocycles. The van der Waals surface area contributed by atoms with Gasteiger partial charge in [-0.05, 0) is 36.5 Å². The minimum Gasteiger partial charge on any atom is -0.328 e. The van der Waals surface area contributed by atoms with Crippen LogP contribution in [-0.4, -0.2) is 21.5 Å². The summed E-state index contributed by atoms with van der Waals surface area (Å²) in [5.41, 5.74) is 8.62. The van der Waals surface area contributed by atoms with Crippen molar-refractivity contribution in [3.8, 4) is 0 Å². The second kappa shape index (κ2) is 5.96. The number of hydrogen-bond acceptors (Lipinski definition) is 3. The van der Waals surface area contributed by atoms with Gasteiger partial charge < -0.3 is 15.6 Å². The van der Waals surface area contributed by atoms with Gasteiger partial charge >= 0.3 is 0 Å². The molecule has 1 amide bonds. The molecule has 0 aliphatic carbocycles. The van der Waals surface area contributed by atoms with Crippen LogP contribution in [0, 0.1) is 5.41 Å². The maximum Gasteiger partial charge on any atom is 0.241 e. The number of carbonyl (C=O) groups is 1. The molecule has 1 aromatic heterocycles. The van der Waals surface area contributed by atoms with Gasteiger partial charge in [0.1, 0.15) is 5.82 Å². The summed E-state index contributed by atoms with van der Waals surface area (Å²) < 4.78 is 2.31. The zero-order valence-corrected chi connectivity index (χ0v) is 14.2. The maximum atomic E-state index is 12.3. The largest absolute Gasteiger partial charge is 0.328 e. The van der Waals surface area contributed by atoms with E-state index in [9.17, 15) is 4.79 Å². The molecule has 124 valence electrons. The highest BCUT2D eigenvalue weighted by Crippen LogP contribution is 2.25. The van der Waals surface area contributed by atoms with E-state index < -0.39 is 6.04 Å². The fourth-order valence-corrected chi connectivity index (χ4v) is 3.04. The molecular weight excluding hydrogens is 288 g/mol. The van der Waals surface area contributed by atoms with Gasteiger partial charge in [-0.15, -0.1) is 0 Å².